The number of aromatic nitrogens is 1. The molecule has 0 unspecified atom stereocenters. The molecule has 0 aliphatic carbocycles. The number of amides is 1. The SMILES string of the molecule is C=C(Br)C(=O)Nc1ncc(Oc2cc(F)c(F)c(F)c2)s1. The van der Waals surface area contributed by atoms with E-state index in [2.05, 4.69) is 32.8 Å². The number of anilines is 1. The number of benzene rings is 1. The molecule has 0 saturated carbocycles. The van der Waals surface area contributed by atoms with E-state index in [0.29, 0.717) is 12.1 Å². The number of rotatable bonds is 4. The zero-order valence-electron chi connectivity index (χ0n) is 10.1. The monoisotopic (exact) mass is 378 g/mol. The van der Waals surface area contributed by atoms with Gasteiger partial charge in [-0.1, -0.05) is 17.9 Å². The number of nitrogens with one attached hydrogen (secondary N) is 1. The summed E-state index contributed by atoms with van der Waals surface area (Å²) in [4.78, 5) is 15.2. The van der Waals surface area contributed by atoms with E-state index < -0.39 is 23.4 Å². The average molecular weight is 379 g/mol. The highest BCUT2D eigenvalue weighted by Crippen LogP contribution is 2.31. The Morgan fingerprint density at radius 2 is 1.95 bits per heavy atom. The Labute approximate surface area is 129 Å². The van der Waals surface area contributed by atoms with Crippen LogP contribution in [-0.2, 0) is 4.79 Å². The van der Waals surface area contributed by atoms with Crippen LogP contribution >= 0.6 is 27.3 Å². The van der Waals surface area contributed by atoms with Crippen LogP contribution in [0, 0.1) is 17.5 Å². The maximum atomic E-state index is 13.0. The maximum absolute atomic E-state index is 13.0. The standard InChI is InChI=1S/C12H6BrF3N2O2S/c1-5(13)11(19)18-12-17-4-9(21-12)20-6-2-7(14)10(16)8(15)3-6/h2-4H,1H2,(H,17,18,19). The number of carbonyl (C=O) groups excluding carboxylic acids is 1. The minimum atomic E-state index is -1.57. The minimum absolute atomic E-state index is 0.114. The molecule has 0 bridgehead atoms. The van der Waals surface area contributed by atoms with E-state index in [1.54, 1.807) is 0 Å². The summed E-state index contributed by atoms with van der Waals surface area (Å²) in [5.41, 5.74) is 0. The molecule has 2 rings (SSSR count). The van der Waals surface area contributed by atoms with Crippen molar-refractivity contribution in [2.75, 3.05) is 5.32 Å². The van der Waals surface area contributed by atoms with Gasteiger partial charge in [0.2, 0.25) is 5.06 Å². The van der Waals surface area contributed by atoms with Crippen LogP contribution in [0.5, 0.6) is 10.8 Å². The first-order chi connectivity index (χ1) is 9.86. The van der Waals surface area contributed by atoms with Crippen molar-refractivity contribution in [1.29, 1.82) is 0 Å². The molecule has 2 aromatic rings. The van der Waals surface area contributed by atoms with E-state index >= 15 is 0 Å². The normalized spacial score (nSPS) is 10.3. The van der Waals surface area contributed by atoms with E-state index in [4.69, 9.17) is 4.74 Å². The Hall–Kier alpha value is -1.87. The summed E-state index contributed by atoms with van der Waals surface area (Å²) < 4.78 is 44.1. The van der Waals surface area contributed by atoms with Crippen LogP contribution in [0.1, 0.15) is 0 Å². The predicted molar refractivity (Wildman–Crippen MR) is 75.2 cm³/mol. The average Bonchev–Trinajstić information content (AvgIpc) is 2.83. The third-order valence-electron chi connectivity index (χ3n) is 2.13. The number of hydrogen-bond donors (Lipinski definition) is 1. The fraction of sp³-hybridized carbons (Fsp3) is 0. The predicted octanol–water partition coefficient (Wildman–Crippen LogP) is 4.20. The Kier molecular flexibility index (Phi) is 4.63. The molecule has 0 spiro atoms. The molecular weight excluding hydrogens is 373 g/mol. The van der Waals surface area contributed by atoms with E-state index in [1.165, 1.54) is 6.20 Å². The zero-order chi connectivity index (χ0) is 15.6. The van der Waals surface area contributed by atoms with Gasteiger partial charge in [0.1, 0.15) is 5.75 Å². The summed E-state index contributed by atoms with van der Waals surface area (Å²) in [5, 5.41) is 2.78. The van der Waals surface area contributed by atoms with Crippen molar-refractivity contribution >= 4 is 38.3 Å². The van der Waals surface area contributed by atoms with Crippen molar-refractivity contribution in [2.24, 2.45) is 0 Å². The van der Waals surface area contributed by atoms with Gasteiger partial charge < -0.3 is 4.74 Å². The molecule has 0 atom stereocenters. The van der Waals surface area contributed by atoms with Crippen LogP contribution in [0.4, 0.5) is 18.3 Å². The van der Waals surface area contributed by atoms with E-state index in [-0.39, 0.29) is 20.4 Å². The molecule has 0 saturated heterocycles. The van der Waals surface area contributed by atoms with Gasteiger partial charge in [-0.25, -0.2) is 18.2 Å². The lowest BCUT2D eigenvalue weighted by atomic mass is 10.3. The van der Waals surface area contributed by atoms with Crippen LogP contribution in [-0.4, -0.2) is 10.9 Å². The fourth-order valence-electron chi connectivity index (χ4n) is 1.24. The number of hydrogen-bond acceptors (Lipinski definition) is 4. The largest absolute Gasteiger partial charge is 0.445 e. The van der Waals surface area contributed by atoms with Crippen molar-refractivity contribution < 1.29 is 22.7 Å². The smallest absolute Gasteiger partial charge is 0.263 e. The van der Waals surface area contributed by atoms with Crippen LogP contribution < -0.4 is 10.1 Å². The third-order valence-corrected chi connectivity index (χ3v) is 3.28. The molecular formula is C12H6BrF3N2O2S. The highest BCUT2D eigenvalue weighted by Gasteiger charge is 2.13. The number of nitrogens with zero attached hydrogens (tertiary/aromatic N) is 1. The second kappa shape index (κ2) is 6.27. The van der Waals surface area contributed by atoms with Gasteiger partial charge in [0.25, 0.3) is 5.91 Å². The summed E-state index contributed by atoms with van der Waals surface area (Å²) >= 11 is 3.82. The number of thiazole rings is 1. The van der Waals surface area contributed by atoms with Gasteiger partial charge in [-0.3, -0.25) is 10.1 Å². The summed E-state index contributed by atoms with van der Waals surface area (Å²) in [5.74, 6) is -5.01. The van der Waals surface area contributed by atoms with Crippen LogP contribution in [0.15, 0.2) is 29.4 Å². The molecule has 0 radical (unpaired) electrons. The number of halogens is 4. The van der Waals surface area contributed by atoms with Crippen molar-refractivity contribution in [1.82, 2.24) is 4.98 Å². The van der Waals surface area contributed by atoms with Crippen LogP contribution in [0.25, 0.3) is 0 Å². The Balaban J connectivity index is 2.13. The van der Waals surface area contributed by atoms with Gasteiger partial charge in [-0.05, 0) is 15.9 Å². The summed E-state index contributed by atoms with van der Waals surface area (Å²) in [7, 11) is 0. The van der Waals surface area contributed by atoms with Gasteiger partial charge >= 0.3 is 0 Å². The molecule has 110 valence electrons. The highest BCUT2D eigenvalue weighted by molar-refractivity contribution is 9.12. The number of ether oxygens (including phenoxy) is 1. The van der Waals surface area contributed by atoms with Crippen LogP contribution in [0.2, 0.25) is 0 Å². The lowest BCUT2D eigenvalue weighted by Gasteiger charge is -2.03. The van der Waals surface area contributed by atoms with Crippen molar-refractivity contribution in [3.8, 4) is 10.8 Å². The zero-order valence-corrected chi connectivity index (χ0v) is 12.5. The molecule has 9 heteroatoms. The molecule has 1 aromatic carbocycles. The topological polar surface area (TPSA) is 51.2 Å². The molecule has 1 heterocycles. The maximum Gasteiger partial charge on any atom is 0.263 e. The third kappa shape index (κ3) is 3.82. The van der Waals surface area contributed by atoms with Crippen molar-refractivity contribution in [2.45, 2.75) is 0 Å². The van der Waals surface area contributed by atoms with Gasteiger partial charge in [-0.15, -0.1) is 0 Å². The molecule has 1 N–H and O–H groups in total. The van der Waals surface area contributed by atoms with Gasteiger partial charge in [0.05, 0.1) is 10.7 Å². The molecule has 1 aromatic heterocycles. The van der Waals surface area contributed by atoms with Crippen LogP contribution in [0.3, 0.4) is 0 Å². The minimum Gasteiger partial charge on any atom is -0.445 e. The highest BCUT2D eigenvalue weighted by atomic mass is 79.9. The van der Waals surface area contributed by atoms with Gasteiger partial charge in [-0.2, -0.15) is 0 Å². The molecule has 21 heavy (non-hydrogen) atoms. The lowest BCUT2D eigenvalue weighted by Crippen LogP contribution is -2.09. The second-order valence-electron chi connectivity index (χ2n) is 3.65. The number of carbonyl (C=O) groups is 1. The second-order valence-corrected chi connectivity index (χ2v) is 5.60. The van der Waals surface area contributed by atoms with E-state index in [9.17, 15) is 18.0 Å². The molecule has 0 fully saturated rings. The summed E-state index contributed by atoms with van der Waals surface area (Å²) in [6, 6.07) is 1.41. The molecule has 4 nitrogen and oxygen atoms in total. The van der Waals surface area contributed by atoms with Gasteiger partial charge in [0, 0.05) is 12.1 Å². The van der Waals surface area contributed by atoms with Gasteiger partial charge in [0.15, 0.2) is 22.6 Å². The quantitative estimate of drug-likeness (QED) is 0.640. The molecule has 1 amide bonds. The Morgan fingerprint density at radius 1 is 1.33 bits per heavy atom. The fourth-order valence-corrected chi connectivity index (χ4v) is 2.02. The van der Waals surface area contributed by atoms with Crippen molar-refractivity contribution in [3.05, 3.63) is 46.8 Å². The molecule has 0 aliphatic rings. The first-order valence-corrected chi connectivity index (χ1v) is 6.91. The molecule has 0 aliphatic heterocycles. The first kappa shape index (κ1) is 15.5. The summed E-state index contributed by atoms with van der Waals surface area (Å²) in [6.07, 6.45) is 1.25. The first-order valence-electron chi connectivity index (χ1n) is 5.31. The lowest BCUT2D eigenvalue weighted by molar-refractivity contribution is -0.112. The summed E-state index contributed by atoms with van der Waals surface area (Å²) in [6.45, 7) is 3.38. The Morgan fingerprint density at radius 3 is 2.52 bits per heavy atom. The van der Waals surface area contributed by atoms with E-state index in [1.807, 2.05) is 0 Å². The van der Waals surface area contributed by atoms with Crippen molar-refractivity contribution in [3.63, 3.8) is 0 Å². The Bertz CT molecular complexity index is 697. The van der Waals surface area contributed by atoms with E-state index in [0.717, 1.165) is 11.3 Å².